The van der Waals surface area contributed by atoms with Crippen molar-refractivity contribution < 1.29 is 4.79 Å². The summed E-state index contributed by atoms with van der Waals surface area (Å²) < 4.78 is 0. The minimum Gasteiger partial charge on any atom is -0.359 e. The molecule has 1 aromatic heterocycles. The lowest BCUT2D eigenvalue weighted by Gasteiger charge is -2.19. The lowest BCUT2D eigenvalue weighted by atomic mass is 10.2. The van der Waals surface area contributed by atoms with Crippen LogP contribution in [-0.2, 0) is 0 Å². The number of hydrogen-bond acceptors (Lipinski definition) is 2. The van der Waals surface area contributed by atoms with Crippen LogP contribution in [0.3, 0.4) is 0 Å². The van der Waals surface area contributed by atoms with Crippen LogP contribution in [0.5, 0.6) is 0 Å². The summed E-state index contributed by atoms with van der Waals surface area (Å²) in [4.78, 5) is 17.0. The molecule has 0 spiro atoms. The molecule has 0 aliphatic heterocycles. The van der Waals surface area contributed by atoms with E-state index in [1.54, 1.807) is 6.20 Å². The normalized spacial score (nSPS) is 10.9. The first-order chi connectivity index (χ1) is 7.27. The third-order valence-electron chi connectivity index (χ3n) is 2.35. The van der Waals surface area contributed by atoms with Crippen LogP contribution in [0, 0.1) is 0 Å². The van der Waals surface area contributed by atoms with Crippen molar-refractivity contribution in [2.45, 2.75) is 26.7 Å². The van der Waals surface area contributed by atoms with Crippen LogP contribution in [0.15, 0.2) is 18.3 Å². The molecule has 0 atom stereocenters. The summed E-state index contributed by atoms with van der Waals surface area (Å²) in [5, 5.41) is 0. The summed E-state index contributed by atoms with van der Waals surface area (Å²) in [6, 6.07) is 3.69. The zero-order valence-electron chi connectivity index (χ0n) is 9.62. The molecule has 1 N–H and O–H groups in total. The van der Waals surface area contributed by atoms with Gasteiger partial charge in [-0.05, 0) is 38.1 Å². The van der Waals surface area contributed by atoms with Crippen LogP contribution in [0.4, 0.5) is 0 Å². The quantitative estimate of drug-likeness (QED) is 0.698. The van der Waals surface area contributed by atoms with E-state index in [1.165, 1.54) is 0 Å². The molecular weight excluding hydrogens is 188 g/mol. The Balaban J connectivity index is 2.47. The molecule has 0 aliphatic carbocycles. The van der Waals surface area contributed by atoms with Crippen LogP contribution < -0.4 is 0 Å². The van der Waals surface area contributed by atoms with Crippen molar-refractivity contribution >= 4 is 5.78 Å². The fraction of sp³-hybridized carbons (Fsp3) is 0.583. The van der Waals surface area contributed by atoms with Gasteiger partial charge in [0.2, 0.25) is 0 Å². The highest BCUT2D eigenvalue weighted by atomic mass is 16.1. The zero-order valence-corrected chi connectivity index (χ0v) is 9.62. The van der Waals surface area contributed by atoms with E-state index in [9.17, 15) is 4.79 Å². The summed E-state index contributed by atoms with van der Waals surface area (Å²) >= 11 is 0. The van der Waals surface area contributed by atoms with E-state index in [-0.39, 0.29) is 5.78 Å². The molecule has 3 nitrogen and oxygen atoms in total. The molecule has 0 saturated heterocycles. The SMILES string of the molecule is CCCN(CCC)CC(=O)c1ccc[nH]1. The van der Waals surface area contributed by atoms with Gasteiger partial charge in [-0.25, -0.2) is 0 Å². The average molecular weight is 208 g/mol. The predicted octanol–water partition coefficient (Wildman–Crippen LogP) is 2.32. The average Bonchev–Trinajstić information content (AvgIpc) is 2.71. The van der Waals surface area contributed by atoms with Crippen molar-refractivity contribution in [2.24, 2.45) is 0 Å². The van der Waals surface area contributed by atoms with Crippen LogP contribution in [-0.4, -0.2) is 35.3 Å². The molecule has 0 unspecified atom stereocenters. The third-order valence-corrected chi connectivity index (χ3v) is 2.35. The summed E-state index contributed by atoms with van der Waals surface area (Å²) in [6.07, 6.45) is 3.98. The second kappa shape index (κ2) is 6.40. The van der Waals surface area contributed by atoms with Gasteiger partial charge in [-0.3, -0.25) is 9.69 Å². The Kier molecular flexibility index (Phi) is 5.12. The van der Waals surface area contributed by atoms with Crippen molar-refractivity contribution in [2.75, 3.05) is 19.6 Å². The number of carbonyl (C=O) groups is 1. The van der Waals surface area contributed by atoms with E-state index >= 15 is 0 Å². The van der Waals surface area contributed by atoms with Crippen molar-refractivity contribution in [3.05, 3.63) is 24.0 Å². The monoisotopic (exact) mass is 208 g/mol. The largest absolute Gasteiger partial charge is 0.359 e. The fourth-order valence-corrected chi connectivity index (χ4v) is 1.69. The maximum Gasteiger partial charge on any atom is 0.192 e. The summed E-state index contributed by atoms with van der Waals surface area (Å²) in [7, 11) is 0. The van der Waals surface area contributed by atoms with E-state index in [1.807, 2.05) is 12.1 Å². The summed E-state index contributed by atoms with van der Waals surface area (Å²) in [6.45, 7) is 6.81. The summed E-state index contributed by atoms with van der Waals surface area (Å²) in [5.41, 5.74) is 0.715. The Morgan fingerprint density at radius 2 is 2.00 bits per heavy atom. The Hall–Kier alpha value is -1.09. The van der Waals surface area contributed by atoms with Gasteiger partial charge in [0.1, 0.15) is 0 Å². The second-order valence-corrected chi connectivity index (χ2v) is 3.78. The molecular formula is C12H20N2O. The van der Waals surface area contributed by atoms with Gasteiger partial charge in [0, 0.05) is 6.20 Å². The molecule has 84 valence electrons. The number of aromatic amines is 1. The van der Waals surface area contributed by atoms with E-state index < -0.39 is 0 Å². The Morgan fingerprint density at radius 3 is 2.47 bits per heavy atom. The summed E-state index contributed by atoms with van der Waals surface area (Å²) in [5.74, 6) is 0.182. The van der Waals surface area contributed by atoms with E-state index in [0.717, 1.165) is 25.9 Å². The number of nitrogens with one attached hydrogen (secondary N) is 1. The van der Waals surface area contributed by atoms with Gasteiger partial charge in [-0.2, -0.15) is 0 Å². The standard InChI is InChI=1S/C12H20N2O/c1-3-8-14(9-4-2)10-12(15)11-6-5-7-13-11/h5-7,13H,3-4,8-10H2,1-2H3. The Labute approximate surface area is 91.5 Å². The lowest BCUT2D eigenvalue weighted by molar-refractivity contribution is 0.0926. The number of aromatic nitrogens is 1. The minimum absolute atomic E-state index is 0.182. The van der Waals surface area contributed by atoms with Crippen LogP contribution in [0.2, 0.25) is 0 Å². The topological polar surface area (TPSA) is 36.1 Å². The van der Waals surface area contributed by atoms with Gasteiger partial charge in [0.15, 0.2) is 5.78 Å². The molecule has 3 heteroatoms. The number of rotatable bonds is 7. The predicted molar refractivity (Wildman–Crippen MR) is 62.1 cm³/mol. The van der Waals surface area contributed by atoms with Gasteiger partial charge in [-0.1, -0.05) is 13.8 Å². The molecule has 0 aliphatic rings. The van der Waals surface area contributed by atoms with E-state index in [0.29, 0.717) is 12.2 Å². The van der Waals surface area contributed by atoms with Crippen molar-refractivity contribution in [1.82, 2.24) is 9.88 Å². The third kappa shape index (κ3) is 3.88. The highest BCUT2D eigenvalue weighted by Gasteiger charge is 2.11. The van der Waals surface area contributed by atoms with Crippen LogP contribution in [0.1, 0.15) is 37.2 Å². The first-order valence-corrected chi connectivity index (χ1v) is 5.66. The molecule has 0 aromatic carbocycles. The molecule has 1 heterocycles. The first kappa shape index (κ1) is 12.0. The maximum atomic E-state index is 11.8. The van der Waals surface area contributed by atoms with Crippen LogP contribution in [0.25, 0.3) is 0 Å². The Morgan fingerprint density at radius 1 is 1.33 bits per heavy atom. The number of hydrogen-bond donors (Lipinski definition) is 1. The smallest absolute Gasteiger partial charge is 0.192 e. The van der Waals surface area contributed by atoms with Crippen molar-refractivity contribution in [1.29, 1.82) is 0 Å². The van der Waals surface area contributed by atoms with Crippen LogP contribution >= 0.6 is 0 Å². The molecule has 0 radical (unpaired) electrons. The van der Waals surface area contributed by atoms with Crippen molar-refractivity contribution in [3.63, 3.8) is 0 Å². The number of carbonyl (C=O) groups excluding carboxylic acids is 1. The first-order valence-electron chi connectivity index (χ1n) is 5.66. The number of nitrogens with zero attached hydrogens (tertiary/aromatic N) is 1. The number of H-pyrrole nitrogens is 1. The lowest BCUT2D eigenvalue weighted by Crippen LogP contribution is -2.31. The molecule has 1 rings (SSSR count). The minimum atomic E-state index is 0.182. The van der Waals surface area contributed by atoms with Gasteiger partial charge in [0.25, 0.3) is 0 Å². The number of ketones is 1. The molecule has 0 bridgehead atoms. The van der Waals surface area contributed by atoms with Crippen molar-refractivity contribution in [3.8, 4) is 0 Å². The second-order valence-electron chi connectivity index (χ2n) is 3.78. The van der Waals surface area contributed by atoms with Gasteiger partial charge < -0.3 is 4.98 Å². The zero-order chi connectivity index (χ0) is 11.1. The number of Topliss-reactive ketones (excluding diaryl/α,β-unsaturated/α-hetero) is 1. The Bertz CT molecular complexity index is 274. The molecule has 15 heavy (non-hydrogen) atoms. The van der Waals surface area contributed by atoms with E-state index in [2.05, 4.69) is 23.7 Å². The highest BCUT2D eigenvalue weighted by Crippen LogP contribution is 2.00. The molecule has 0 fully saturated rings. The van der Waals surface area contributed by atoms with Gasteiger partial charge >= 0.3 is 0 Å². The molecule has 0 saturated carbocycles. The molecule has 0 amide bonds. The van der Waals surface area contributed by atoms with Gasteiger partial charge in [-0.15, -0.1) is 0 Å². The molecule has 1 aromatic rings. The highest BCUT2D eigenvalue weighted by molar-refractivity contribution is 5.95. The van der Waals surface area contributed by atoms with E-state index in [4.69, 9.17) is 0 Å². The fourth-order valence-electron chi connectivity index (χ4n) is 1.69. The van der Waals surface area contributed by atoms with Gasteiger partial charge in [0.05, 0.1) is 12.2 Å². The maximum absolute atomic E-state index is 11.8.